The maximum atomic E-state index is 6.37. The molecule has 0 saturated heterocycles. The summed E-state index contributed by atoms with van der Waals surface area (Å²) >= 11 is 0. The number of fused-ring (bicyclic) bond motifs is 6. The van der Waals surface area contributed by atoms with Gasteiger partial charge in [-0.1, -0.05) is 66.7 Å². The lowest BCUT2D eigenvalue weighted by Gasteiger charge is -2.26. The number of benzene rings is 6. The van der Waals surface area contributed by atoms with E-state index in [-0.39, 0.29) is 0 Å². The Balaban J connectivity index is 1.31. The predicted octanol–water partition coefficient (Wildman–Crippen LogP) is 10.7. The van der Waals surface area contributed by atoms with Crippen LogP contribution in [0.3, 0.4) is 0 Å². The molecular weight excluding hydrogens is 492 g/mol. The molecule has 0 unspecified atom stereocenters. The van der Waals surface area contributed by atoms with E-state index >= 15 is 0 Å². The number of nitrogens with one attached hydrogen (secondary N) is 1. The minimum atomic E-state index is 0.848. The van der Waals surface area contributed by atoms with Crippen molar-refractivity contribution in [3.8, 4) is 0 Å². The zero-order valence-electron chi connectivity index (χ0n) is 21.5. The zero-order chi connectivity index (χ0) is 26.5. The number of rotatable bonds is 5. The number of hydrogen-bond acceptors (Lipinski definition) is 4. The van der Waals surface area contributed by atoms with Gasteiger partial charge in [-0.3, -0.25) is 0 Å². The van der Waals surface area contributed by atoms with E-state index in [4.69, 9.17) is 8.83 Å². The average Bonchev–Trinajstić information content (AvgIpc) is 3.58. The van der Waals surface area contributed by atoms with Crippen molar-refractivity contribution in [2.24, 2.45) is 0 Å². The van der Waals surface area contributed by atoms with Gasteiger partial charge in [0.05, 0.1) is 22.1 Å². The average molecular weight is 517 g/mol. The molecule has 0 aliphatic carbocycles. The Morgan fingerprint density at radius 3 is 1.80 bits per heavy atom. The fourth-order valence-electron chi connectivity index (χ4n) is 5.69. The minimum Gasteiger partial charge on any atom is -0.456 e. The second-order valence-corrected chi connectivity index (χ2v) is 9.87. The van der Waals surface area contributed by atoms with Crippen molar-refractivity contribution in [2.45, 2.75) is 0 Å². The largest absolute Gasteiger partial charge is 0.456 e. The van der Waals surface area contributed by atoms with E-state index in [2.05, 4.69) is 95.1 Å². The second-order valence-electron chi connectivity index (χ2n) is 9.87. The van der Waals surface area contributed by atoms with Gasteiger partial charge in [0.25, 0.3) is 0 Å². The lowest BCUT2D eigenvalue weighted by Crippen LogP contribution is -2.09. The normalized spacial score (nSPS) is 11.5. The first kappa shape index (κ1) is 22.5. The van der Waals surface area contributed by atoms with E-state index in [0.717, 1.165) is 72.3 Å². The first-order chi connectivity index (χ1) is 19.8. The van der Waals surface area contributed by atoms with Crippen molar-refractivity contribution in [1.82, 2.24) is 0 Å². The Hall–Kier alpha value is -5.48. The fourth-order valence-corrected chi connectivity index (χ4v) is 5.69. The van der Waals surface area contributed by atoms with Crippen molar-refractivity contribution in [2.75, 3.05) is 10.2 Å². The molecule has 0 aliphatic rings. The smallest absolute Gasteiger partial charge is 0.137 e. The van der Waals surface area contributed by atoms with Gasteiger partial charge in [0.1, 0.15) is 22.3 Å². The van der Waals surface area contributed by atoms with Gasteiger partial charge in [0.2, 0.25) is 0 Å². The van der Waals surface area contributed by atoms with Crippen molar-refractivity contribution in [3.63, 3.8) is 0 Å². The summed E-state index contributed by atoms with van der Waals surface area (Å²) in [5, 5.41) is 7.97. The number of nitrogens with zero attached hydrogens (tertiary/aromatic N) is 1. The summed E-state index contributed by atoms with van der Waals surface area (Å²) < 4.78 is 12.5. The SMILES string of the molecule is c1ccc(N(c2ccccc2)c2cccc3oc4ccc(Nc5cccc6oc7ccccc7c56)cc4c23)cc1. The predicted molar refractivity (Wildman–Crippen MR) is 165 cm³/mol. The number of anilines is 5. The minimum absolute atomic E-state index is 0.848. The molecule has 8 aromatic rings. The van der Waals surface area contributed by atoms with E-state index in [1.54, 1.807) is 0 Å². The summed E-state index contributed by atoms with van der Waals surface area (Å²) in [5.74, 6) is 0. The van der Waals surface area contributed by atoms with Crippen LogP contribution < -0.4 is 10.2 Å². The monoisotopic (exact) mass is 516 g/mol. The molecule has 0 spiro atoms. The lowest BCUT2D eigenvalue weighted by molar-refractivity contribution is 0.668. The van der Waals surface area contributed by atoms with E-state index in [9.17, 15) is 0 Å². The van der Waals surface area contributed by atoms with Gasteiger partial charge in [-0.25, -0.2) is 0 Å². The summed E-state index contributed by atoms with van der Waals surface area (Å²) in [6.45, 7) is 0. The quantitative estimate of drug-likeness (QED) is 0.247. The molecule has 0 fully saturated rings. The van der Waals surface area contributed by atoms with Crippen LogP contribution in [-0.2, 0) is 0 Å². The molecule has 0 atom stereocenters. The van der Waals surface area contributed by atoms with E-state index in [1.165, 1.54) is 0 Å². The zero-order valence-corrected chi connectivity index (χ0v) is 21.5. The van der Waals surface area contributed by atoms with E-state index in [0.29, 0.717) is 0 Å². The van der Waals surface area contributed by atoms with Crippen LogP contribution in [0.5, 0.6) is 0 Å². The molecule has 2 aromatic heterocycles. The van der Waals surface area contributed by atoms with Gasteiger partial charge in [0, 0.05) is 27.8 Å². The van der Waals surface area contributed by atoms with E-state index in [1.807, 2.05) is 54.6 Å². The molecule has 0 saturated carbocycles. The third-order valence-corrected chi connectivity index (χ3v) is 7.42. The fraction of sp³-hybridized carbons (Fsp3) is 0. The molecule has 2 heterocycles. The summed E-state index contributed by atoms with van der Waals surface area (Å²) in [6.07, 6.45) is 0. The highest BCUT2D eigenvalue weighted by molar-refractivity contribution is 6.15. The molecule has 4 heteroatoms. The van der Waals surface area contributed by atoms with Crippen molar-refractivity contribution >= 4 is 72.3 Å². The van der Waals surface area contributed by atoms with Crippen molar-refractivity contribution in [1.29, 1.82) is 0 Å². The molecule has 1 N–H and O–H groups in total. The molecule has 40 heavy (non-hydrogen) atoms. The summed E-state index contributed by atoms with van der Waals surface area (Å²) in [7, 11) is 0. The van der Waals surface area contributed by atoms with Gasteiger partial charge in [-0.05, 0) is 72.8 Å². The maximum Gasteiger partial charge on any atom is 0.137 e. The number of hydrogen-bond donors (Lipinski definition) is 1. The van der Waals surface area contributed by atoms with Crippen LogP contribution in [0.2, 0.25) is 0 Å². The Morgan fingerprint density at radius 2 is 1.05 bits per heavy atom. The van der Waals surface area contributed by atoms with Crippen LogP contribution in [-0.4, -0.2) is 0 Å². The van der Waals surface area contributed by atoms with Gasteiger partial charge >= 0.3 is 0 Å². The molecule has 6 aromatic carbocycles. The number of furan rings is 2. The van der Waals surface area contributed by atoms with Crippen LogP contribution in [0.25, 0.3) is 43.9 Å². The third kappa shape index (κ3) is 3.62. The van der Waals surface area contributed by atoms with Crippen LogP contribution in [0.4, 0.5) is 28.4 Å². The maximum absolute atomic E-state index is 6.37. The van der Waals surface area contributed by atoms with Crippen molar-refractivity contribution < 1.29 is 8.83 Å². The standard InChI is InChI=1S/C36H24N2O2/c1-3-11-25(12-4-1)38(26-13-5-2-6-14-26)30-17-10-20-34-36(30)28-23-24(21-22-32(28)40-34)37-29-16-9-19-33-35(29)27-15-7-8-18-31(27)39-33/h1-23,37H. The summed E-state index contributed by atoms with van der Waals surface area (Å²) in [5.41, 5.74) is 8.67. The topological polar surface area (TPSA) is 41.6 Å². The molecule has 0 radical (unpaired) electrons. The Labute approximate surface area is 230 Å². The third-order valence-electron chi connectivity index (χ3n) is 7.42. The molecule has 0 aliphatic heterocycles. The molecule has 8 rings (SSSR count). The second kappa shape index (κ2) is 9.07. The van der Waals surface area contributed by atoms with Gasteiger partial charge < -0.3 is 19.1 Å². The highest BCUT2D eigenvalue weighted by Crippen LogP contribution is 2.43. The van der Waals surface area contributed by atoms with Gasteiger partial charge in [-0.2, -0.15) is 0 Å². The first-order valence-electron chi connectivity index (χ1n) is 13.4. The Bertz CT molecular complexity index is 2100. The summed E-state index contributed by atoms with van der Waals surface area (Å²) in [4.78, 5) is 2.29. The molecule has 190 valence electrons. The summed E-state index contributed by atoms with van der Waals surface area (Å²) in [6, 6.07) is 47.8. The van der Waals surface area contributed by atoms with Crippen LogP contribution in [0, 0.1) is 0 Å². The van der Waals surface area contributed by atoms with Crippen LogP contribution in [0.15, 0.2) is 148 Å². The first-order valence-corrected chi connectivity index (χ1v) is 13.4. The lowest BCUT2D eigenvalue weighted by atomic mass is 10.1. The molecular formula is C36H24N2O2. The molecule has 4 nitrogen and oxygen atoms in total. The van der Waals surface area contributed by atoms with Crippen LogP contribution in [0.1, 0.15) is 0 Å². The Kier molecular flexibility index (Phi) is 5.10. The molecule has 0 bridgehead atoms. The van der Waals surface area contributed by atoms with E-state index < -0.39 is 0 Å². The van der Waals surface area contributed by atoms with Crippen LogP contribution >= 0.6 is 0 Å². The Morgan fingerprint density at radius 1 is 0.450 bits per heavy atom. The highest BCUT2D eigenvalue weighted by Gasteiger charge is 2.19. The van der Waals surface area contributed by atoms with Gasteiger partial charge in [0.15, 0.2) is 0 Å². The molecule has 0 amide bonds. The number of para-hydroxylation sites is 3. The highest BCUT2D eigenvalue weighted by atomic mass is 16.3. The van der Waals surface area contributed by atoms with Crippen molar-refractivity contribution in [3.05, 3.63) is 140 Å². The van der Waals surface area contributed by atoms with Gasteiger partial charge in [-0.15, -0.1) is 0 Å².